The van der Waals surface area contributed by atoms with Crippen molar-refractivity contribution in [3.63, 3.8) is 0 Å². The van der Waals surface area contributed by atoms with Crippen LogP contribution in [0.3, 0.4) is 0 Å². The number of likely N-dealkylation sites (tertiary alicyclic amines) is 1. The van der Waals surface area contributed by atoms with Gasteiger partial charge in [-0.3, -0.25) is 4.79 Å². The van der Waals surface area contributed by atoms with Gasteiger partial charge in [-0.25, -0.2) is 4.79 Å². The molecule has 2 saturated heterocycles. The topological polar surface area (TPSA) is 66.8 Å². The first-order valence-corrected chi connectivity index (χ1v) is 8.35. The van der Waals surface area contributed by atoms with E-state index < -0.39 is 18.2 Å². The summed E-state index contributed by atoms with van der Waals surface area (Å²) in [5.74, 6) is -0.274. The van der Waals surface area contributed by atoms with E-state index in [0.717, 1.165) is 19.4 Å². The molecule has 0 aromatic carbocycles. The van der Waals surface area contributed by atoms with Crippen LogP contribution in [0.4, 0.5) is 0 Å². The van der Waals surface area contributed by atoms with Gasteiger partial charge in [-0.05, 0) is 44.4 Å². The first-order valence-electron chi connectivity index (χ1n) is 8.35. The molecule has 1 N–H and O–H groups in total. The molecule has 3 unspecified atom stereocenters. The van der Waals surface area contributed by atoms with E-state index >= 15 is 0 Å². The molecule has 1 saturated carbocycles. The Morgan fingerprint density at radius 1 is 0.905 bits per heavy atom. The zero-order valence-electron chi connectivity index (χ0n) is 12.5. The Balaban J connectivity index is 1.62. The average Bonchev–Trinajstić information content (AvgIpc) is 3.17. The van der Waals surface area contributed by atoms with Gasteiger partial charge < -0.3 is 14.7 Å². The van der Waals surface area contributed by atoms with E-state index in [9.17, 15) is 9.59 Å². The summed E-state index contributed by atoms with van der Waals surface area (Å²) in [5.41, 5.74) is 0. The fourth-order valence-electron chi connectivity index (χ4n) is 4.26. The second-order valence-corrected chi connectivity index (χ2v) is 6.67. The molecule has 118 valence electrons. The Morgan fingerprint density at radius 3 is 2.29 bits per heavy atom. The highest BCUT2D eigenvalue weighted by Crippen LogP contribution is 2.35. The Kier molecular flexibility index (Phi) is 4.48. The molecule has 0 bridgehead atoms. The minimum absolute atomic E-state index is 0.0341. The highest BCUT2D eigenvalue weighted by molar-refractivity contribution is 5.83. The van der Waals surface area contributed by atoms with Crippen molar-refractivity contribution >= 4 is 11.9 Å². The van der Waals surface area contributed by atoms with Crippen LogP contribution in [-0.2, 0) is 14.3 Å². The zero-order valence-corrected chi connectivity index (χ0v) is 12.5. The van der Waals surface area contributed by atoms with Crippen LogP contribution in [0.15, 0.2) is 0 Å². The Morgan fingerprint density at radius 2 is 1.62 bits per heavy atom. The van der Waals surface area contributed by atoms with Gasteiger partial charge in [-0.2, -0.15) is 0 Å². The first-order chi connectivity index (χ1) is 10.2. The summed E-state index contributed by atoms with van der Waals surface area (Å²) < 4.78 is 5.44. The molecule has 21 heavy (non-hydrogen) atoms. The van der Waals surface area contributed by atoms with Crippen molar-refractivity contribution in [2.75, 3.05) is 6.54 Å². The maximum atomic E-state index is 12.7. The zero-order chi connectivity index (χ0) is 14.8. The first kappa shape index (κ1) is 14.8. The molecule has 2 aliphatic heterocycles. The van der Waals surface area contributed by atoms with Crippen LogP contribution in [-0.4, -0.2) is 46.7 Å². The lowest BCUT2D eigenvalue weighted by Crippen LogP contribution is -2.45. The summed E-state index contributed by atoms with van der Waals surface area (Å²) in [5, 5.41) is 8.98. The minimum Gasteiger partial charge on any atom is -0.479 e. The molecule has 1 amide bonds. The molecule has 0 spiro atoms. The van der Waals surface area contributed by atoms with Gasteiger partial charge in [0.1, 0.15) is 6.10 Å². The molecule has 0 aromatic heterocycles. The van der Waals surface area contributed by atoms with Crippen LogP contribution in [0.25, 0.3) is 0 Å². The maximum absolute atomic E-state index is 12.7. The number of rotatable bonds is 3. The van der Waals surface area contributed by atoms with E-state index in [4.69, 9.17) is 9.84 Å². The smallest absolute Gasteiger partial charge is 0.332 e. The van der Waals surface area contributed by atoms with Crippen molar-refractivity contribution < 1.29 is 19.4 Å². The monoisotopic (exact) mass is 295 g/mol. The summed E-state index contributed by atoms with van der Waals surface area (Å²) in [7, 11) is 0. The fraction of sp³-hybridized carbons (Fsp3) is 0.875. The number of carbonyl (C=O) groups excluding carboxylic acids is 1. The van der Waals surface area contributed by atoms with Gasteiger partial charge in [-0.1, -0.05) is 19.3 Å². The molecule has 3 aliphatic rings. The molecule has 0 radical (unpaired) electrons. The number of hydrogen-bond acceptors (Lipinski definition) is 3. The number of aliphatic carboxylic acids is 1. The van der Waals surface area contributed by atoms with Gasteiger partial charge in [0.25, 0.3) is 5.91 Å². The molecular weight excluding hydrogens is 270 g/mol. The van der Waals surface area contributed by atoms with Crippen LogP contribution >= 0.6 is 0 Å². The molecular formula is C16H25NO4. The quantitative estimate of drug-likeness (QED) is 0.866. The Hall–Kier alpha value is -1.10. The van der Waals surface area contributed by atoms with Crippen molar-refractivity contribution in [2.45, 2.75) is 76.0 Å². The number of hydrogen-bond donors (Lipinski definition) is 1. The lowest BCUT2D eigenvalue weighted by Gasteiger charge is -2.35. The van der Waals surface area contributed by atoms with Crippen LogP contribution in [0, 0.1) is 5.92 Å². The minimum atomic E-state index is -0.949. The average molecular weight is 295 g/mol. The summed E-state index contributed by atoms with van der Waals surface area (Å²) >= 11 is 0. The number of amides is 1. The van der Waals surface area contributed by atoms with Crippen molar-refractivity contribution in [1.29, 1.82) is 0 Å². The standard InChI is InChI=1S/C16H25NO4/c18-15(13-8-9-14(21-13)16(19)20)17-10-4-7-12(17)11-5-2-1-3-6-11/h11-14H,1-10H2,(H,19,20). The summed E-state index contributed by atoms with van der Waals surface area (Å²) in [6.45, 7) is 0.817. The lowest BCUT2D eigenvalue weighted by atomic mass is 9.83. The normalized spacial score (nSPS) is 34.3. The second kappa shape index (κ2) is 6.34. The largest absolute Gasteiger partial charge is 0.479 e. The lowest BCUT2D eigenvalue weighted by molar-refractivity contribution is -0.155. The van der Waals surface area contributed by atoms with E-state index in [1.54, 1.807) is 0 Å². The number of carboxylic acids is 1. The molecule has 5 nitrogen and oxygen atoms in total. The summed E-state index contributed by atoms with van der Waals surface area (Å²) in [4.78, 5) is 25.6. The van der Waals surface area contributed by atoms with Gasteiger partial charge in [0.2, 0.25) is 0 Å². The van der Waals surface area contributed by atoms with E-state index in [-0.39, 0.29) is 5.91 Å². The molecule has 0 aromatic rings. The SMILES string of the molecule is O=C(O)C1CCC(C(=O)N2CCCC2C2CCCCC2)O1. The van der Waals surface area contributed by atoms with Crippen molar-refractivity contribution in [2.24, 2.45) is 5.92 Å². The van der Waals surface area contributed by atoms with E-state index in [1.807, 2.05) is 4.90 Å². The van der Waals surface area contributed by atoms with Gasteiger partial charge in [0.15, 0.2) is 6.10 Å². The predicted molar refractivity (Wildman–Crippen MR) is 76.8 cm³/mol. The number of nitrogens with zero attached hydrogens (tertiary/aromatic N) is 1. The molecule has 3 fully saturated rings. The number of carboxylic acid groups (broad SMARTS) is 1. The van der Waals surface area contributed by atoms with Crippen LogP contribution in [0.1, 0.15) is 57.8 Å². The van der Waals surface area contributed by atoms with Gasteiger partial charge in [-0.15, -0.1) is 0 Å². The highest BCUT2D eigenvalue weighted by atomic mass is 16.5. The number of ether oxygens (including phenoxy) is 1. The number of carbonyl (C=O) groups is 2. The third-order valence-electron chi connectivity index (χ3n) is 5.35. The third kappa shape index (κ3) is 3.07. The molecule has 3 atom stereocenters. The molecule has 2 heterocycles. The van der Waals surface area contributed by atoms with Gasteiger partial charge >= 0.3 is 5.97 Å². The molecule has 1 aliphatic carbocycles. The van der Waals surface area contributed by atoms with Crippen molar-refractivity contribution in [1.82, 2.24) is 4.90 Å². The van der Waals surface area contributed by atoms with Crippen molar-refractivity contribution in [3.05, 3.63) is 0 Å². The van der Waals surface area contributed by atoms with E-state index in [0.29, 0.717) is 24.8 Å². The van der Waals surface area contributed by atoms with E-state index in [1.165, 1.54) is 32.1 Å². The predicted octanol–water partition coefficient (Wildman–Crippen LogP) is 2.19. The van der Waals surface area contributed by atoms with Gasteiger partial charge in [0, 0.05) is 12.6 Å². The van der Waals surface area contributed by atoms with Crippen LogP contribution in [0.5, 0.6) is 0 Å². The van der Waals surface area contributed by atoms with E-state index in [2.05, 4.69) is 0 Å². The Bertz CT molecular complexity index is 405. The van der Waals surface area contributed by atoms with Crippen molar-refractivity contribution in [3.8, 4) is 0 Å². The highest BCUT2D eigenvalue weighted by Gasteiger charge is 2.41. The third-order valence-corrected chi connectivity index (χ3v) is 5.35. The maximum Gasteiger partial charge on any atom is 0.332 e. The molecule has 3 rings (SSSR count). The summed E-state index contributed by atoms with van der Waals surface area (Å²) in [6.07, 6.45) is 8.20. The van der Waals surface area contributed by atoms with Crippen LogP contribution in [0.2, 0.25) is 0 Å². The van der Waals surface area contributed by atoms with Gasteiger partial charge in [0.05, 0.1) is 0 Å². The Labute approximate surface area is 125 Å². The second-order valence-electron chi connectivity index (χ2n) is 6.67. The summed E-state index contributed by atoms with van der Waals surface area (Å²) in [6, 6.07) is 0.366. The van der Waals surface area contributed by atoms with Crippen LogP contribution < -0.4 is 0 Å². The molecule has 5 heteroatoms. The fourth-order valence-corrected chi connectivity index (χ4v) is 4.26.